The molecule has 0 unspecified atom stereocenters. The molecule has 3 rings (SSSR count). The van der Waals surface area contributed by atoms with Crippen molar-refractivity contribution in [3.8, 4) is 11.3 Å². The highest BCUT2D eigenvalue weighted by Gasteiger charge is 2.37. The van der Waals surface area contributed by atoms with E-state index in [0.717, 1.165) is 29.9 Å². The van der Waals surface area contributed by atoms with Crippen LogP contribution in [0.15, 0.2) is 54.7 Å². The lowest BCUT2D eigenvalue weighted by atomic mass is 10.1. The molecule has 0 fully saturated rings. The summed E-state index contributed by atoms with van der Waals surface area (Å²) in [5.41, 5.74) is 4.43. The number of nitrogens with zero attached hydrogens (tertiary/aromatic N) is 2. The van der Waals surface area contributed by atoms with Gasteiger partial charge in [-0.3, -0.25) is 0 Å². The van der Waals surface area contributed by atoms with Crippen LogP contribution >= 0.6 is 0 Å². The first kappa shape index (κ1) is 17.9. The molecular formula is C21H28N2OSi. The number of hydrogen-bond donors (Lipinski definition) is 0. The molecule has 0 N–H and O–H groups in total. The van der Waals surface area contributed by atoms with Crippen LogP contribution in [-0.4, -0.2) is 24.3 Å². The second kappa shape index (κ2) is 6.77. The molecule has 0 spiro atoms. The fourth-order valence-electron chi connectivity index (χ4n) is 2.73. The molecule has 0 atom stereocenters. The Labute approximate surface area is 151 Å². The Hall–Kier alpha value is -1.91. The minimum atomic E-state index is -1.73. The molecule has 0 amide bonds. The Balaban J connectivity index is 1.90. The first-order chi connectivity index (χ1) is 11.8. The SMILES string of the molecule is CC(C)(C)[Si](C)(C)OCCc1c(-c2ccccc2)nc2ccccn12. The number of rotatable bonds is 5. The molecule has 0 radical (unpaired) electrons. The van der Waals surface area contributed by atoms with Crippen LogP contribution in [0, 0.1) is 0 Å². The van der Waals surface area contributed by atoms with E-state index in [1.54, 1.807) is 0 Å². The van der Waals surface area contributed by atoms with Gasteiger partial charge in [-0.05, 0) is 30.3 Å². The standard InChI is InChI=1S/C21H28N2OSi/c1-21(2,3)25(4,5)24-16-14-18-20(17-11-7-6-8-12-17)22-19-13-9-10-15-23(18)19/h6-13,15H,14,16H2,1-5H3. The third kappa shape index (κ3) is 3.70. The average Bonchev–Trinajstić information content (AvgIpc) is 2.93. The van der Waals surface area contributed by atoms with Crippen molar-refractivity contribution in [3.63, 3.8) is 0 Å². The predicted octanol–water partition coefficient (Wildman–Crippen LogP) is 5.57. The highest BCUT2D eigenvalue weighted by atomic mass is 28.4. The molecule has 0 aliphatic rings. The molecule has 2 heterocycles. The lowest BCUT2D eigenvalue weighted by molar-refractivity contribution is 0.290. The number of pyridine rings is 1. The van der Waals surface area contributed by atoms with Crippen molar-refractivity contribution in [3.05, 3.63) is 60.4 Å². The van der Waals surface area contributed by atoms with E-state index in [9.17, 15) is 0 Å². The maximum Gasteiger partial charge on any atom is 0.191 e. The zero-order valence-electron chi connectivity index (χ0n) is 15.9. The minimum Gasteiger partial charge on any atom is -0.416 e. The summed E-state index contributed by atoms with van der Waals surface area (Å²) in [6.45, 7) is 12.2. The Bertz CT molecular complexity index is 847. The molecule has 132 valence electrons. The van der Waals surface area contributed by atoms with E-state index in [4.69, 9.17) is 9.41 Å². The summed E-state index contributed by atoms with van der Waals surface area (Å²) < 4.78 is 8.60. The third-order valence-electron chi connectivity index (χ3n) is 5.28. The molecule has 3 aromatic rings. The van der Waals surface area contributed by atoms with Crippen LogP contribution in [0.25, 0.3) is 16.9 Å². The summed E-state index contributed by atoms with van der Waals surface area (Å²) >= 11 is 0. The minimum absolute atomic E-state index is 0.231. The lowest BCUT2D eigenvalue weighted by Crippen LogP contribution is -2.41. The van der Waals surface area contributed by atoms with Crippen molar-refractivity contribution in [2.24, 2.45) is 0 Å². The van der Waals surface area contributed by atoms with Crippen LogP contribution in [0.4, 0.5) is 0 Å². The third-order valence-corrected chi connectivity index (χ3v) is 9.82. The van der Waals surface area contributed by atoms with Gasteiger partial charge in [-0.2, -0.15) is 0 Å². The Morgan fingerprint density at radius 3 is 2.36 bits per heavy atom. The van der Waals surface area contributed by atoms with Gasteiger partial charge in [0.2, 0.25) is 0 Å². The fourth-order valence-corrected chi connectivity index (χ4v) is 3.78. The zero-order chi connectivity index (χ0) is 18.1. The number of aromatic nitrogens is 2. The molecule has 0 saturated carbocycles. The molecule has 25 heavy (non-hydrogen) atoms. The Morgan fingerprint density at radius 2 is 1.68 bits per heavy atom. The molecule has 0 aliphatic heterocycles. The van der Waals surface area contributed by atoms with Gasteiger partial charge in [0.15, 0.2) is 8.32 Å². The second-order valence-electron chi connectivity index (χ2n) is 8.06. The first-order valence-corrected chi connectivity index (χ1v) is 11.9. The van der Waals surface area contributed by atoms with E-state index in [1.807, 2.05) is 12.1 Å². The Kier molecular flexibility index (Phi) is 4.85. The Morgan fingerprint density at radius 1 is 1.00 bits per heavy atom. The maximum atomic E-state index is 6.40. The molecule has 0 bridgehead atoms. The van der Waals surface area contributed by atoms with Gasteiger partial charge in [0, 0.05) is 24.8 Å². The summed E-state index contributed by atoms with van der Waals surface area (Å²) in [5, 5.41) is 0.231. The molecule has 1 aromatic carbocycles. The number of benzene rings is 1. The van der Waals surface area contributed by atoms with Crippen LogP contribution in [-0.2, 0) is 10.8 Å². The van der Waals surface area contributed by atoms with E-state index in [2.05, 4.69) is 80.9 Å². The fraction of sp³-hybridized carbons (Fsp3) is 0.381. The van der Waals surface area contributed by atoms with E-state index >= 15 is 0 Å². The number of imidazole rings is 1. The predicted molar refractivity (Wildman–Crippen MR) is 107 cm³/mol. The first-order valence-electron chi connectivity index (χ1n) is 8.95. The molecule has 0 aliphatic carbocycles. The van der Waals surface area contributed by atoms with E-state index in [-0.39, 0.29) is 5.04 Å². The zero-order valence-corrected chi connectivity index (χ0v) is 16.9. The van der Waals surface area contributed by atoms with Crippen LogP contribution in [0.3, 0.4) is 0 Å². The summed E-state index contributed by atoms with van der Waals surface area (Å²) in [4.78, 5) is 4.87. The van der Waals surface area contributed by atoms with Gasteiger partial charge in [0.05, 0.1) is 11.4 Å². The molecular weight excluding hydrogens is 324 g/mol. The van der Waals surface area contributed by atoms with Gasteiger partial charge >= 0.3 is 0 Å². The summed E-state index contributed by atoms with van der Waals surface area (Å²) in [6.07, 6.45) is 2.96. The van der Waals surface area contributed by atoms with E-state index in [0.29, 0.717) is 0 Å². The quantitative estimate of drug-likeness (QED) is 0.562. The van der Waals surface area contributed by atoms with E-state index < -0.39 is 8.32 Å². The van der Waals surface area contributed by atoms with Gasteiger partial charge in [0.1, 0.15) is 5.65 Å². The van der Waals surface area contributed by atoms with Crippen LogP contribution < -0.4 is 0 Å². The average molecular weight is 353 g/mol. The van der Waals surface area contributed by atoms with E-state index in [1.165, 1.54) is 5.69 Å². The number of hydrogen-bond acceptors (Lipinski definition) is 2. The molecule has 3 nitrogen and oxygen atoms in total. The molecule has 4 heteroatoms. The van der Waals surface area contributed by atoms with Gasteiger partial charge in [-0.1, -0.05) is 57.2 Å². The number of fused-ring (bicyclic) bond motifs is 1. The topological polar surface area (TPSA) is 26.5 Å². The second-order valence-corrected chi connectivity index (χ2v) is 12.9. The molecule has 0 saturated heterocycles. The van der Waals surface area contributed by atoms with Crippen molar-refractivity contribution in [1.82, 2.24) is 9.38 Å². The van der Waals surface area contributed by atoms with Crippen molar-refractivity contribution in [2.75, 3.05) is 6.61 Å². The van der Waals surface area contributed by atoms with Crippen LogP contribution in [0.1, 0.15) is 26.5 Å². The lowest BCUT2D eigenvalue weighted by Gasteiger charge is -2.36. The summed E-state index contributed by atoms with van der Waals surface area (Å²) in [5.74, 6) is 0. The normalized spacial score (nSPS) is 12.7. The van der Waals surface area contributed by atoms with Crippen molar-refractivity contribution >= 4 is 14.0 Å². The highest BCUT2D eigenvalue weighted by molar-refractivity contribution is 6.74. The van der Waals surface area contributed by atoms with Crippen molar-refractivity contribution < 1.29 is 4.43 Å². The van der Waals surface area contributed by atoms with Crippen LogP contribution in [0.2, 0.25) is 18.1 Å². The smallest absolute Gasteiger partial charge is 0.191 e. The van der Waals surface area contributed by atoms with Gasteiger partial charge < -0.3 is 8.83 Å². The summed E-state index contributed by atoms with van der Waals surface area (Å²) in [6, 6.07) is 16.6. The van der Waals surface area contributed by atoms with Gasteiger partial charge in [0.25, 0.3) is 0 Å². The summed E-state index contributed by atoms with van der Waals surface area (Å²) in [7, 11) is -1.73. The monoisotopic (exact) mass is 352 g/mol. The van der Waals surface area contributed by atoms with Crippen molar-refractivity contribution in [2.45, 2.75) is 45.3 Å². The largest absolute Gasteiger partial charge is 0.416 e. The van der Waals surface area contributed by atoms with Gasteiger partial charge in [-0.15, -0.1) is 0 Å². The van der Waals surface area contributed by atoms with Crippen molar-refractivity contribution in [1.29, 1.82) is 0 Å². The molecule has 2 aromatic heterocycles. The maximum absolute atomic E-state index is 6.40. The van der Waals surface area contributed by atoms with Gasteiger partial charge in [-0.25, -0.2) is 4.98 Å². The van der Waals surface area contributed by atoms with Crippen LogP contribution in [0.5, 0.6) is 0 Å². The highest BCUT2D eigenvalue weighted by Crippen LogP contribution is 2.36.